The average molecular weight is 376 g/mol. The van der Waals surface area contributed by atoms with Crippen molar-refractivity contribution in [1.82, 2.24) is 4.90 Å². The van der Waals surface area contributed by atoms with Crippen LogP contribution in [0.25, 0.3) is 17.2 Å². The van der Waals surface area contributed by atoms with Crippen LogP contribution in [0.1, 0.15) is 45.1 Å². The lowest BCUT2D eigenvalue weighted by molar-refractivity contribution is -0.138. The highest BCUT2D eigenvalue weighted by Gasteiger charge is 2.38. The maximum Gasteiger partial charge on any atom is 0.225 e. The third-order valence-electron chi connectivity index (χ3n) is 6.25. The van der Waals surface area contributed by atoms with E-state index in [0.29, 0.717) is 5.91 Å². The quantitative estimate of drug-likeness (QED) is 0.700. The van der Waals surface area contributed by atoms with Crippen molar-refractivity contribution in [2.75, 3.05) is 13.1 Å². The zero-order chi connectivity index (χ0) is 19.6. The summed E-state index contributed by atoms with van der Waals surface area (Å²) in [6, 6.07) is 16.8. The van der Waals surface area contributed by atoms with E-state index >= 15 is 0 Å². The van der Waals surface area contributed by atoms with Gasteiger partial charge in [0, 0.05) is 37.4 Å². The molecule has 0 unspecified atom stereocenters. The van der Waals surface area contributed by atoms with Crippen LogP contribution in [-0.4, -0.2) is 29.5 Å². The predicted molar refractivity (Wildman–Crippen MR) is 114 cm³/mol. The molecule has 146 valence electrons. The number of likely N-dealkylation sites (tertiary alicyclic amines) is 1. The van der Waals surface area contributed by atoms with Gasteiger partial charge in [-0.25, -0.2) is 0 Å². The molecule has 2 aliphatic heterocycles. The van der Waals surface area contributed by atoms with Gasteiger partial charge in [0.2, 0.25) is 5.91 Å². The Labute approximate surface area is 168 Å². The van der Waals surface area contributed by atoms with Gasteiger partial charge in [-0.15, -0.1) is 0 Å². The molecule has 1 fully saturated rings. The predicted octanol–water partition coefficient (Wildman–Crippen LogP) is 5.56. The van der Waals surface area contributed by atoms with Crippen LogP contribution in [0, 0.1) is 5.92 Å². The van der Waals surface area contributed by atoms with Crippen molar-refractivity contribution in [3.8, 4) is 16.9 Å². The Balaban J connectivity index is 1.47. The van der Waals surface area contributed by atoms with Crippen LogP contribution in [-0.2, 0) is 4.79 Å². The van der Waals surface area contributed by atoms with E-state index in [1.165, 1.54) is 11.1 Å². The van der Waals surface area contributed by atoms with Gasteiger partial charge < -0.3 is 9.64 Å². The molecule has 1 spiro atoms. The lowest BCUT2D eigenvalue weighted by Crippen LogP contribution is -2.50. The molecule has 1 saturated heterocycles. The zero-order valence-electron chi connectivity index (χ0n) is 16.9. The molecule has 0 N–H and O–H groups in total. The molecule has 0 aliphatic carbocycles. The molecule has 0 saturated carbocycles. The van der Waals surface area contributed by atoms with Gasteiger partial charge in [-0.1, -0.05) is 56.3 Å². The minimum absolute atomic E-state index is 0.161. The fourth-order valence-corrected chi connectivity index (χ4v) is 4.35. The number of hydrogen-bond donors (Lipinski definition) is 0. The van der Waals surface area contributed by atoms with Gasteiger partial charge in [-0.05, 0) is 42.2 Å². The topological polar surface area (TPSA) is 29.5 Å². The van der Waals surface area contributed by atoms with Gasteiger partial charge in [0.05, 0.1) is 0 Å². The highest BCUT2D eigenvalue weighted by atomic mass is 16.5. The summed E-state index contributed by atoms with van der Waals surface area (Å²) in [6.07, 6.45) is 7.96. The van der Waals surface area contributed by atoms with Crippen molar-refractivity contribution in [3.63, 3.8) is 0 Å². The van der Waals surface area contributed by atoms with E-state index in [2.05, 4.69) is 68.5 Å². The normalized spacial score (nSPS) is 17.5. The van der Waals surface area contributed by atoms with E-state index in [4.69, 9.17) is 4.74 Å². The molecule has 0 aromatic heterocycles. The number of carbonyl (C=O) groups is 1. The summed E-state index contributed by atoms with van der Waals surface area (Å²) in [7, 11) is 0. The summed E-state index contributed by atoms with van der Waals surface area (Å²) in [6.45, 7) is 5.75. The molecular weight excluding hydrogens is 346 g/mol. The Bertz CT molecular complexity index is 859. The number of piperidine rings is 1. The van der Waals surface area contributed by atoms with Crippen LogP contribution in [0.2, 0.25) is 0 Å². The minimum atomic E-state index is -0.272. The van der Waals surface area contributed by atoms with Gasteiger partial charge in [-0.2, -0.15) is 0 Å². The molecular formula is C25H29NO2. The standard InChI is InChI=1S/C25H29NO2/c1-3-19(4-2)24(27)26-16-14-25(15-17-26)13-12-22-18-21(10-11-23(22)28-25)20-8-6-5-7-9-20/h5-13,18-19H,3-4,14-17H2,1-2H3. The summed E-state index contributed by atoms with van der Waals surface area (Å²) in [4.78, 5) is 14.7. The minimum Gasteiger partial charge on any atom is -0.482 e. The molecule has 0 radical (unpaired) electrons. The second kappa shape index (κ2) is 7.83. The fourth-order valence-electron chi connectivity index (χ4n) is 4.35. The van der Waals surface area contributed by atoms with Crippen molar-refractivity contribution in [2.45, 2.75) is 45.1 Å². The second-order valence-corrected chi connectivity index (χ2v) is 7.96. The first kappa shape index (κ1) is 18.8. The van der Waals surface area contributed by atoms with E-state index in [9.17, 15) is 4.79 Å². The van der Waals surface area contributed by atoms with E-state index in [1.54, 1.807) is 0 Å². The molecule has 2 aromatic carbocycles. The summed E-state index contributed by atoms with van der Waals surface area (Å²) in [5.74, 6) is 1.42. The summed E-state index contributed by atoms with van der Waals surface area (Å²) >= 11 is 0. The van der Waals surface area contributed by atoms with Gasteiger partial charge >= 0.3 is 0 Å². The van der Waals surface area contributed by atoms with Crippen LogP contribution >= 0.6 is 0 Å². The fraction of sp³-hybridized carbons (Fsp3) is 0.400. The number of fused-ring (bicyclic) bond motifs is 1. The summed E-state index contributed by atoms with van der Waals surface area (Å²) in [5.41, 5.74) is 3.27. The Kier molecular flexibility index (Phi) is 5.25. The van der Waals surface area contributed by atoms with E-state index in [1.807, 2.05) is 11.0 Å². The molecule has 28 heavy (non-hydrogen) atoms. The molecule has 2 heterocycles. The Morgan fingerprint density at radius 3 is 2.43 bits per heavy atom. The van der Waals surface area contributed by atoms with Crippen molar-refractivity contribution in [2.24, 2.45) is 5.92 Å². The van der Waals surface area contributed by atoms with Crippen molar-refractivity contribution in [1.29, 1.82) is 0 Å². The number of carbonyl (C=O) groups excluding carboxylic acids is 1. The maximum atomic E-state index is 12.7. The lowest BCUT2D eigenvalue weighted by atomic mass is 9.87. The highest BCUT2D eigenvalue weighted by Crippen LogP contribution is 2.39. The van der Waals surface area contributed by atoms with Crippen LogP contribution < -0.4 is 4.74 Å². The highest BCUT2D eigenvalue weighted by molar-refractivity contribution is 5.79. The van der Waals surface area contributed by atoms with E-state index < -0.39 is 0 Å². The SMILES string of the molecule is CCC(CC)C(=O)N1CCC2(C=Cc3cc(-c4ccccc4)ccc3O2)CC1. The molecule has 0 atom stereocenters. The van der Waals surface area contributed by atoms with Crippen LogP contribution in [0.3, 0.4) is 0 Å². The number of amides is 1. The molecule has 2 aliphatic rings. The van der Waals surface area contributed by atoms with Crippen LogP contribution in [0.4, 0.5) is 0 Å². The van der Waals surface area contributed by atoms with Crippen molar-refractivity contribution >= 4 is 12.0 Å². The van der Waals surface area contributed by atoms with Gasteiger partial charge in [0.15, 0.2) is 0 Å². The number of hydrogen-bond acceptors (Lipinski definition) is 2. The second-order valence-electron chi connectivity index (χ2n) is 7.96. The van der Waals surface area contributed by atoms with E-state index in [-0.39, 0.29) is 11.5 Å². The number of rotatable bonds is 4. The Morgan fingerprint density at radius 1 is 1.04 bits per heavy atom. The van der Waals surface area contributed by atoms with Crippen molar-refractivity contribution in [3.05, 3.63) is 60.2 Å². The molecule has 1 amide bonds. The molecule has 2 aromatic rings. The smallest absolute Gasteiger partial charge is 0.225 e. The molecule has 0 bridgehead atoms. The summed E-state index contributed by atoms with van der Waals surface area (Å²) < 4.78 is 6.47. The number of ether oxygens (including phenoxy) is 1. The van der Waals surface area contributed by atoms with Gasteiger partial charge in [0.1, 0.15) is 11.4 Å². The Morgan fingerprint density at radius 2 is 1.75 bits per heavy atom. The third kappa shape index (κ3) is 3.58. The molecule has 4 rings (SSSR count). The molecule has 3 heteroatoms. The van der Waals surface area contributed by atoms with E-state index in [0.717, 1.165) is 50.1 Å². The third-order valence-corrected chi connectivity index (χ3v) is 6.25. The van der Waals surface area contributed by atoms with Crippen LogP contribution in [0.5, 0.6) is 5.75 Å². The number of benzene rings is 2. The average Bonchev–Trinajstić information content (AvgIpc) is 2.75. The maximum absolute atomic E-state index is 12.7. The van der Waals surface area contributed by atoms with Gasteiger partial charge in [0.25, 0.3) is 0 Å². The first-order chi connectivity index (χ1) is 13.6. The van der Waals surface area contributed by atoms with Gasteiger partial charge in [-0.3, -0.25) is 4.79 Å². The lowest BCUT2D eigenvalue weighted by Gasteiger charge is -2.42. The summed E-state index contributed by atoms with van der Waals surface area (Å²) in [5, 5.41) is 0. The zero-order valence-corrected chi connectivity index (χ0v) is 16.9. The first-order valence-electron chi connectivity index (χ1n) is 10.5. The first-order valence-corrected chi connectivity index (χ1v) is 10.5. The van der Waals surface area contributed by atoms with Crippen LogP contribution in [0.15, 0.2) is 54.6 Å². The van der Waals surface area contributed by atoms with Crippen molar-refractivity contribution < 1.29 is 9.53 Å². The largest absolute Gasteiger partial charge is 0.482 e. The Hall–Kier alpha value is -2.55. The molecule has 3 nitrogen and oxygen atoms in total. The number of nitrogens with zero attached hydrogens (tertiary/aromatic N) is 1. The monoisotopic (exact) mass is 375 g/mol.